The van der Waals surface area contributed by atoms with Crippen LogP contribution in [0.15, 0.2) is 29.2 Å². The van der Waals surface area contributed by atoms with Gasteiger partial charge in [-0.1, -0.05) is 25.6 Å². The van der Waals surface area contributed by atoms with Crippen molar-refractivity contribution in [1.82, 2.24) is 4.90 Å². The molecule has 1 aliphatic rings. The highest BCUT2D eigenvalue weighted by atomic mass is 32.2. The molecule has 1 fully saturated rings. The number of benzene rings is 1. The van der Waals surface area contributed by atoms with Crippen molar-refractivity contribution in [3.8, 4) is 0 Å². The Kier molecular flexibility index (Phi) is 6.41. The molecule has 1 aromatic carbocycles. The van der Waals surface area contributed by atoms with E-state index in [4.69, 9.17) is 0 Å². The number of thioether (sulfide) groups is 1. The zero-order valence-corrected chi connectivity index (χ0v) is 14.6. The number of amides is 1. The van der Waals surface area contributed by atoms with Crippen LogP contribution >= 0.6 is 11.8 Å². The lowest BCUT2D eigenvalue weighted by molar-refractivity contribution is -0.121. The second-order valence-corrected chi connectivity index (χ2v) is 7.53. The Morgan fingerprint density at radius 2 is 1.78 bits per heavy atom. The minimum atomic E-state index is -2.43. The molecule has 1 amide bonds. The van der Waals surface area contributed by atoms with Crippen molar-refractivity contribution in [3.63, 3.8) is 0 Å². The van der Waals surface area contributed by atoms with Gasteiger partial charge in [-0.15, -0.1) is 0 Å². The zero-order chi connectivity index (χ0) is 17.0. The van der Waals surface area contributed by atoms with E-state index in [1.54, 1.807) is 24.3 Å². The van der Waals surface area contributed by atoms with Crippen LogP contribution in [0.25, 0.3) is 0 Å². The number of alkyl halides is 2. The molecule has 3 atom stereocenters. The van der Waals surface area contributed by atoms with Crippen molar-refractivity contribution in [1.29, 1.82) is 0 Å². The van der Waals surface area contributed by atoms with Gasteiger partial charge in [0.2, 0.25) is 5.91 Å². The van der Waals surface area contributed by atoms with E-state index in [1.807, 2.05) is 6.92 Å². The molecule has 0 spiro atoms. The highest BCUT2D eigenvalue weighted by Crippen LogP contribution is 2.26. The summed E-state index contributed by atoms with van der Waals surface area (Å²) < 4.78 is 24.6. The summed E-state index contributed by atoms with van der Waals surface area (Å²) in [5, 5.41) is 2.87. The smallest absolute Gasteiger partial charge is 0.288 e. The summed E-state index contributed by atoms with van der Waals surface area (Å²) in [6, 6.07) is 6.33. The van der Waals surface area contributed by atoms with E-state index in [0.29, 0.717) is 34.2 Å². The molecule has 1 aromatic rings. The minimum absolute atomic E-state index is 0.0550. The summed E-state index contributed by atoms with van der Waals surface area (Å²) in [4.78, 5) is 15.1. The van der Waals surface area contributed by atoms with Crippen LogP contribution in [-0.4, -0.2) is 35.7 Å². The minimum Gasteiger partial charge on any atom is -0.325 e. The van der Waals surface area contributed by atoms with Crippen molar-refractivity contribution in [3.05, 3.63) is 24.3 Å². The Labute approximate surface area is 140 Å². The number of hydrogen-bond donors (Lipinski definition) is 1. The fourth-order valence-corrected chi connectivity index (χ4v) is 3.66. The number of likely N-dealkylation sites (tertiary alicyclic amines) is 1. The highest BCUT2D eigenvalue weighted by molar-refractivity contribution is 7.99. The number of nitrogens with one attached hydrogen (secondary N) is 1. The molecule has 6 heteroatoms. The van der Waals surface area contributed by atoms with Gasteiger partial charge in [-0.3, -0.25) is 9.69 Å². The molecule has 1 aliphatic heterocycles. The number of carbonyl (C=O) groups excluding carboxylic acids is 1. The summed E-state index contributed by atoms with van der Waals surface area (Å²) in [6.07, 6.45) is 1.20. The molecule has 3 nitrogen and oxygen atoms in total. The van der Waals surface area contributed by atoms with Crippen molar-refractivity contribution >= 4 is 23.4 Å². The quantitative estimate of drug-likeness (QED) is 0.810. The number of nitrogens with zero attached hydrogens (tertiary/aromatic N) is 1. The van der Waals surface area contributed by atoms with E-state index in [0.717, 1.165) is 13.1 Å². The summed E-state index contributed by atoms with van der Waals surface area (Å²) in [6.45, 7) is 8.21. The number of piperidine rings is 1. The van der Waals surface area contributed by atoms with Crippen LogP contribution in [-0.2, 0) is 4.79 Å². The monoisotopic (exact) mass is 342 g/mol. The SMILES string of the molecule is C[C@H]1C[C@H](C)CN([C@@H](C)C(=O)Nc2ccc(SC(F)F)cc2)C1. The second-order valence-electron chi connectivity index (χ2n) is 6.47. The highest BCUT2D eigenvalue weighted by Gasteiger charge is 2.28. The van der Waals surface area contributed by atoms with Crippen LogP contribution < -0.4 is 5.32 Å². The van der Waals surface area contributed by atoms with Crippen molar-refractivity contribution in [2.45, 2.75) is 43.9 Å². The lowest BCUT2D eigenvalue weighted by Gasteiger charge is -2.38. The Balaban J connectivity index is 1.92. The summed E-state index contributed by atoms with van der Waals surface area (Å²) in [7, 11) is 0. The number of carbonyl (C=O) groups is 1. The molecule has 0 bridgehead atoms. The van der Waals surface area contributed by atoms with Gasteiger partial charge in [0.05, 0.1) is 6.04 Å². The summed E-state index contributed by atoms with van der Waals surface area (Å²) >= 11 is 0.501. The normalized spacial score (nSPS) is 23.7. The van der Waals surface area contributed by atoms with Crippen LogP contribution in [0.2, 0.25) is 0 Å². The zero-order valence-electron chi connectivity index (χ0n) is 13.8. The first kappa shape index (κ1) is 18.2. The van der Waals surface area contributed by atoms with Crippen LogP contribution in [0.4, 0.5) is 14.5 Å². The first-order valence-electron chi connectivity index (χ1n) is 7.95. The van der Waals surface area contributed by atoms with Crippen molar-refractivity contribution < 1.29 is 13.6 Å². The predicted octanol–water partition coefficient (Wildman–Crippen LogP) is 4.31. The Bertz CT molecular complexity index is 514. The maximum Gasteiger partial charge on any atom is 0.288 e. The van der Waals surface area contributed by atoms with Crippen LogP contribution in [0.1, 0.15) is 27.2 Å². The van der Waals surface area contributed by atoms with E-state index in [-0.39, 0.29) is 11.9 Å². The molecule has 2 rings (SSSR count). The second kappa shape index (κ2) is 8.11. The maximum atomic E-state index is 12.4. The van der Waals surface area contributed by atoms with E-state index in [1.165, 1.54) is 6.42 Å². The summed E-state index contributed by atoms with van der Waals surface area (Å²) in [5.41, 5.74) is 0.638. The molecule has 0 unspecified atom stereocenters. The summed E-state index contributed by atoms with van der Waals surface area (Å²) in [5.74, 6) is -1.29. The average Bonchev–Trinajstić information content (AvgIpc) is 2.47. The molecule has 23 heavy (non-hydrogen) atoms. The third-order valence-corrected chi connectivity index (χ3v) is 4.89. The van der Waals surface area contributed by atoms with Gasteiger partial charge in [0.25, 0.3) is 5.76 Å². The maximum absolute atomic E-state index is 12.4. The van der Waals surface area contributed by atoms with Gasteiger partial charge in [0.1, 0.15) is 0 Å². The van der Waals surface area contributed by atoms with Crippen LogP contribution in [0.3, 0.4) is 0 Å². The molecule has 0 radical (unpaired) electrons. The standard InChI is InChI=1S/C17H24F2N2OS/c1-11-8-12(2)10-21(9-11)13(3)16(22)20-14-4-6-15(7-5-14)23-17(18)19/h4-7,11-13,17H,8-10H2,1-3H3,(H,20,22)/t11-,12-,13-/m0/s1. The molecule has 0 aliphatic carbocycles. The first-order valence-corrected chi connectivity index (χ1v) is 8.83. The number of hydrogen-bond acceptors (Lipinski definition) is 3. The fraction of sp³-hybridized carbons (Fsp3) is 0.588. The van der Waals surface area contributed by atoms with Gasteiger partial charge >= 0.3 is 0 Å². The van der Waals surface area contributed by atoms with Gasteiger partial charge in [-0.2, -0.15) is 8.78 Å². The molecule has 1 heterocycles. The molecular formula is C17H24F2N2OS. The third-order valence-electron chi connectivity index (χ3n) is 4.17. The van der Waals surface area contributed by atoms with Crippen LogP contribution in [0, 0.1) is 11.8 Å². The Hall–Kier alpha value is -1.14. The molecule has 0 aromatic heterocycles. The fourth-order valence-electron chi connectivity index (χ4n) is 3.16. The number of halogens is 2. The topological polar surface area (TPSA) is 32.3 Å². The predicted molar refractivity (Wildman–Crippen MR) is 90.9 cm³/mol. The molecular weight excluding hydrogens is 318 g/mol. The van der Waals surface area contributed by atoms with Gasteiger partial charge in [0.15, 0.2) is 0 Å². The molecule has 0 saturated carbocycles. The average molecular weight is 342 g/mol. The molecule has 128 valence electrons. The molecule has 1 saturated heterocycles. The van der Waals surface area contributed by atoms with E-state index < -0.39 is 5.76 Å². The number of rotatable bonds is 5. The largest absolute Gasteiger partial charge is 0.325 e. The van der Waals surface area contributed by atoms with E-state index in [9.17, 15) is 13.6 Å². The number of anilines is 1. The van der Waals surface area contributed by atoms with Gasteiger partial charge in [-0.25, -0.2) is 0 Å². The van der Waals surface area contributed by atoms with Crippen LogP contribution in [0.5, 0.6) is 0 Å². The van der Waals surface area contributed by atoms with Crippen molar-refractivity contribution in [2.24, 2.45) is 11.8 Å². The van der Waals surface area contributed by atoms with Gasteiger partial charge < -0.3 is 5.32 Å². The van der Waals surface area contributed by atoms with E-state index in [2.05, 4.69) is 24.1 Å². The van der Waals surface area contributed by atoms with Gasteiger partial charge in [0, 0.05) is 23.7 Å². The third kappa shape index (κ3) is 5.46. The lowest BCUT2D eigenvalue weighted by atomic mass is 9.91. The Morgan fingerprint density at radius 3 is 2.30 bits per heavy atom. The van der Waals surface area contributed by atoms with Crippen molar-refractivity contribution in [2.75, 3.05) is 18.4 Å². The Morgan fingerprint density at radius 1 is 1.22 bits per heavy atom. The molecule has 1 N–H and O–H groups in total. The first-order chi connectivity index (χ1) is 10.8. The van der Waals surface area contributed by atoms with E-state index >= 15 is 0 Å². The van der Waals surface area contributed by atoms with Gasteiger partial charge in [-0.05, 0) is 49.4 Å². The lowest BCUT2D eigenvalue weighted by Crippen LogP contribution is -2.48.